The second-order valence-electron chi connectivity index (χ2n) is 3.76. The van der Waals surface area contributed by atoms with Crippen LogP contribution in [0.2, 0.25) is 0 Å². The minimum Gasteiger partial charge on any atom is -0.543 e. The smallest absolute Gasteiger partial charge is 0.247 e. The molecule has 108 valence electrons. The van der Waals surface area contributed by atoms with Gasteiger partial charge in [0.15, 0.2) is 0 Å². The Morgan fingerprint density at radius 3 is 2.29 bits per heavy atom. The topological polar surface area (TPSA) is 143 Å². The molecule has 0 aliphatic carbocycles. The lowest BCUT2D eigenvalue weighted by atomic mass is 10.3. The number of aromatic amines is 1. The normalized spacial score (nSPS) is 10.7. The molecule has 1 aromatic carbocycles. The number of carbonyl (C=O) groups excluding carboxylic acids is 2. The summed E-state index contributed by atoms with van der Waals surface area (Å²) in [5.41, 5.74) is -1.07. The van der Waals surface area contributed by atoms with Crippen LogP contribution in [0.5, 0.6) is 5.75 Å². The van der Waals surface area contributed by atoms with E-state index in [0.717, 1.165) is 0 Å². The highest BCUT2D eigenvalue weighted by Gasteiger charge is 2.11. The molecule has 0 atom stereocenters. The zero-order valence-corrected chi connectivity index (χ0v) is 10.7. The molecule has 0 aliphatic heterocycles. The van der Waals surface area contributed by atoms with Gasteiger partial charge in [0.25, 0.3) is 0 Å². The van der Waals surface area contributed by atoms with E-state index in [1.807, 2.05) is 0 Å². The van der Waals surface area contributed by atoms with E-state index in [0.29, 0.717) is 11.4 Å². The predicted octanol–water partition coefficient (Wildman–Crippen LogP) is -0.439. The molecule has 0 spiro atoms. The minimum atomic E-state index is -1.75. The number of carboxylic acids is 2. The van der Waals surface area contributed by atoms with Crippen LogP contribution in [0.25, 0.3) is 0 Å². The van der Waals surface area contributed by atoms with Crippen LogP contribution >= 0.6 is 0 Å². The Hall–Kier alpha value is -3.23. The van der Waals surface area contributed by atoms with E-state index in [1.54, 1.807) is 24.3 Å². The Bertz CT molecular complexity index is 673. The summed E-state index contributed by atoms with van der Waals surface area (Å²) in [4.78, 5) is 27.1. The van der Waals surface area contributed by atoms with E-state index in [9.17, 15) is 19.8 Å². The quantitative estimate of drug-likeness (QED) is 0.739. The molecule has 9 nitrogen and oxygen atoms in total. The number of nitrogens with zero attached hydrogens (tertiary/aromatic N) is 3. The molecular weight excluding hydrogens is 280 g/mol. The van der Waals surface area contributed by atoms with Crippen molar-refractivity contribution in [2.45, 2.75) is 0 Å². The first-order valence-electron chi connectivity index (χ1n) is 5.59. The summed E-state index contributed by atoms with van der Waals surface area (Å²) in [6.07, 6.45) is 0. The highest BCUT2D eigenvalue weighted by Crippen LogP contribution is 2.20. The van der Waals surface area contributed by atoms with Gasteiger partial charge in [-0.2, -0.15) is 0 Å². The summed E-state index contributed by atoms with van der Waals surface area (Å²) in [6, 6.07) is 6.50. The summed E-state index contributed by atoms with van der Waals surface area (Å²) in [6.45, 7) is 0. The van der Waals surface area contributed by atoms with Gasteiger partial charge in [0, 0.05) is 0 Å². The number of rotatable bonds is 5. The number of H-pyrrole nitrogens is 1. The zero-order chi connectivity index (χ0) is 15.4. The molecule has 21 heavy (non-hydrogen) atoms. The number of carbonyl (C=O) groups is 2. The van der Waals surface area contributed by atoms with Crippen molar-refractivity contribution in [3.8, 4) is 5.75 Å². The van der Waals surface area contributed by atoms with Crippen LogP contribution in [-0.2, 0) is 0 Å². The SMILES string of the molecule is COc1ccc(N=Nc2nc(C(=O)[O-])c(C(=O)[O-])[nH]2)cc1. The molecule has 2 rings (SSSR count). The van der Waals surface area contributed by atoms with Gasteiger partial charge in [0.1, 0.15) is 11.4 Å². The largest absolute Gasteiger partial charge is 0.543 e. The molecular formula is C12H8N4O5-2. The van der Waals surface area contributed by atoms with Gasteiger partial charge in [-0.1, -0.05) is 0 Å². The molecule has 0 amide bonds. The first kappa shape index (κ1) is 14.2. The average molecular weight is 288 g/mol. The number of methoxy groups -OCH3 is 1. The number of imidazole rings is 1. The number of aromatic nitrogens is 2. The van der Waals surface area contributed by atoms with E-state index in [2.05, 4.69) is 20.2 Å². The first-order chi connectivity index (χ1) is 10.0. The molecule has 2 aromatic rings. The van der Waals surface area contributed by atoms with Gasteiger partial charge in [-0.3, -0.25) is 0 Å². The van der Waals surface area contributed by atoms with Crippen molar-refractivity contribution < 1.29 is 24.5 Å². The number of carboxylic acid groups (broad SMARTS) is 2. The minimum absolute atomic E-state index is 0.288. The molecule has 0 radical (unpaired) electrons. The van der Waals surface area contributed by atoms with E-state index in [-0.39, 0.29) is 5.95 Å². The second-order valence-corrected chi connectivity index (χ2v) is 3.76. The van der Waals surface area contributed by atoms with Gasteiger partial charge in [-0.25, -0.2) is 4.98 Å². The van der Waals surface area contributed by atoms with Gasteiger partial charge in [0.05, 0.1) is 30.4 Å². The molecule has 1 heterocycles. The molecule has 9 heteroatoms. The van der Waals surface area contributed by atoms with Crippen molar-refractivity contribution >= 4 is 23.6 Å². The molecule has 0 fully saturated rings. The molecule has 1 aromatic heterocycles. The van der Waals surface area contributed by atoms with Crippen LogP contribution in [0, 0.1) is 0 Å². The fourth-order valence-electron chi connectivity index (χ4n) is 1.46. The maximum Gasteiger partial charge on any atom is 0.247 e. The van der Waals surface area contributed by atoms with E-state index in [1.165, 1.54) is 7.11 Å². The number of aromatic carboxylic acids is 2. The molecule has 0 saturated heterocycles. The lowest BCUT2D eigenvalue weighted by Gasteiger charge is -2.01. The van der Waals surface area contributed by atoms with Crippen molar-refractivity contribution in [2.75, 3.05) is 7.11 Å². The third-order valence-corrected chi connectivity index (χ3v) is 2.42. The molecule has 1 N–H and O–H groups in total. The van der Waals surface area contributed by atoms with Gasteiger partial charge in [0.2, 0.25) is 5.95 Å². The van der Waals surface area contributed by atoms with E-state index < -0.39 is 23.3 Å². The number of hydrogen-bond acceptors (Lipinski definition) is 8. The van der Waals surface area contributed by atoms with Crippen molar-refractivity contribution in [1.29, 1.82) is 0 Å². The van der Waals surface area contributed by atoms with Crippen molar-refractivity contribution in [3.63, 3.8) is 0 Å². The fourth-order valence-corrected chi connectivity index (χ4v) is 1.46. The molecule has 0 unspecified atom stereocenters. The van der Waals surface area contributed by atoms with Gasteiger partial charge < -0.3 is 29.5 Å². The van der Waals surface area contributed by atoms with Crippen LogP contribution in [0.4, 0.5) is 11.6 Å². The highest BCUT2D eigenvalue weighted by atomic mass is 16.5. The summed E-state index contributed by atoms with van der Waals surface area (Å²) in [7, 11) is 1.52. The third-order valence-electron chi connectivity index (χ3n) is 2.42. The number of benzene rings is 1. The van der Waals surface area contributed by atoms with Crippen LogP contribution in [0.15, 0.2) is 34.5 Å². The Kier molecular flexibility index (Phi) is 3.93. The number of azo groups is 1. The standard InChI is InChI=1S/C12H10N4O5/c1-21-7-4-2-6(3-5-7)15-16-12-13-8(10(17)18)9(14-12)11(19)20/h2-5H,1H3,(H,13,14)(H,17,18)(H,19,20)/p-2. The van der Waals surface area contributed by atoms with Gasteiger partial charge in [-0.15, -0.1) is 10.2 Å². The molecule has 0 saturated carbocycles. The summed E-state index contributed by atoms with van der Waals surface area (Å²) in [5, 5.41) is 28.8. The number of hydrogen-bond donors (Lipinski definition) is 1. The average Bonchev–Trinajstić information content (AvgIpc) is 2.90. The van der Waals surface area contributed by atoms with Crippen LogP contribution in [0.1, 0.15) is 21.0 Å². The predicted molar refractivity (Wildman–Crippen MR) is 64.4 cm³/mol. The Balaban J connectivity index is 2.26. The summed E-state index contributed by atoms with van der Waals surface area (Å²) < 4.78 is 4.97. The van der Waals surface area contributed by atoms with Crippen LogP contribution in [-0.4, -0.2) is 29.0 Å². The highest BCUT2D eigenvalue weighted by molar-refractivity contribution is 5.97. The Labute approximate surface area is 117 Å². The second kappa shape index (κ2) is 5.82. The van der Waals surface area contributed by atoms with Crippen LogP contribution < -0.4 is 14.9 Å². The van der Waals surface area contributed by atoms with Gasteiger partial charge >= 0.3 is 0 Å². The third kappa shape index (κ3) is 3.21. The molecule has 0 aliphatic rings. The maximum absolute atomic E-state index is 10.7. The van der Waals surface area contributed by atoms with Crippen molar-refractivity contribution in [2.24, 2.45) is 10.2 Å². The van der Waals surface area contributed by atoms with Gasteiger partial charge in [-0.05, 0) is 24.3 Å². The summed E-state index contributed by atoms with van der Waals surface area (Å²) in [5.74, 6) is -3.14. The van der Waals surface area contributed by atoms with Crippen molar-refractivity contribution in [3.05, 3.63) is 35.7 Å². The Morgan fingerprint density at radius 1 is 1.14 bits per heavy atom. The zero-order valence-electron chi connectivity index (χ0n) is 10.7. The Morgan fingerprint density at radius 2 is 1.81 bits per heavy atom. The monoisotopic (exact) mass is 288 g/mol. The maximum atomic E-state index is 10.7. The van der Waals surface area contributed by atoms with Crippen LogP contribution in [0.3, 0.4) is 0 Å². The summed E-state index contributed by atoms with van der Waals surface area (Å²) >= 11 is 0. The lowest BCUT2D eigenvalue weighted by Crippen LogP contribution is -2.30. The van der Waals surface area contributed by atoms with Crippen molar-refractivity contribution in [1.82, 2.24) is 9.97 Å². The molecule has 0 bridgehead atoms. The van der Waals surface area contributed by atoms with E-state index in [4.69, 9.17) is 4.74 Å². The first-order valence-corrected chi connectivity index (χ1v) is 5.59. The lowest BCUT2D eigenvalue weighted by molar-refractivity contribution is -0.260. The number of nitrogens with one attached hydrogen (secondary N) is 1. The number of ether oxygens (including phenoxy) is 1. The fraction of sp³-hybridized carbons (Fsp3) is 0.0833. The van der Waals surface area contributed by atoms with E-state index >= 15 is 0 Å².